The number of benzene rings is 2. The lowest BCUT2D eigenvalue weighted by Crippen LogP contribution is -2.25. The SMILES string of the molecule is O=C(NCCc1nc(-c2ccccc2)cs1)c1cccc(-n2cccn2)c1. The van der Waals surface area contributed by atoms with Crippen molar-refractivity contribution < 1.29 is 4.79 Å². The summed E-state index contributed by atoms with van der Waals surface area (Å²) in [6.45, 7) is 0.548. The normalized spacial score (nSPS) is 10.7. The van der Waals surface area contributed by atoms with Gasteiger partial charge in [-0.2, -0.15) is 5.10 Å². The van der Waals surface area contributed by atoms with Gasteiger partial charge in [0.15, 0.2) is 0 Å². The van der Waals surface area contributed by atoms with Gasteiger partial charge in [-0.05, 0) is 24.3 Å². The van der Waals surface area contributed by atoms with Gasteiger partial charge in [-0.15, -0.1) is 11.3 Å². The number of hydrogen-bond acceptors (Lipinski definition) is 4. The Bertz CT molecular complexity index is 1030. The summed E-state index contributed by atoms with van der Waals surface area (Å²) < 4.78 is 1.73. The number of nitrogens with one attached hydrogen (secondary N) is 1. The summed E-state index contributed by atoms with van der Waals surface area (Å²) in [6, 6.07) is 19.4. The molecule has 2 aromatic heterocycles. The third kappa shape index (κ3) is 4.12. The minimum absolute atomic E-state index is 0.0937. The molecule has 0 spiro atoms. The molecule has 0 aliphatic carbocycles. The maximum Gasteiger partial charge on any atom is 0.251 e. The molecule has 1 N–H and O–H groups in total. The summed E-state index contributed by atoms with van der Waals surface area (Å²) in [5, 5.41) is 10.2. The minimum atomic E-state index is -0.0937. The molecule has 6 heteroatoms. The monoisotopic (exact) mass is 374 g/mol. The summed E-state index contributed by atoms with van der Waals surface area (Å²) in [6.07, 6.45) is 4.27. The Labute approximate surface area is 161 Å². The maximum absolute atomic E-state index is 12.4. The third-order valence-electron chi connectivity index (χ3n) is 4.12. The van der Waals surface area contributed by atoms with E-state index in [2.05, 4.69) is 20.8 Å². The first-order valence-electron chi connectivity index (χ1n) is 8.68. The van der Waals surface area contributed by atoms with E-state index in [1.54, 1.807) is 28.3 Å². The Morgan fingerprint density at radius 3 is 2.78 bits per heavy atom. The van der Waals surface area contributed by atoms with Crippen molar-refractivity contribution in [2.75, 3.05) is 6.54 Å². The van der Waals surface area contributed by atoms with Crippen LogP contribution in [0.3, 0.4) is 0 Å². The van der Waals surface area contributed by atoms with Gasteiger partial charge in [-0.1, -0.05) is 36.4 Å². The maximum atomic E-state index is 12.4. The Kier molecular flexibility index (Phi) is 5.07. The van der Waals surface area contributed by atoms with Gasteiger partial charge in [0, 0.05) is 41.9 Å². The molecule has 0 radical (unpaired) electrons. The second-order valence-electron chi connectivity index (χ2n) is 6.00. The van der Waals surface area contributed by atoms with Gasteiger partial charge >= 0.3 is 0 Å². The molecule has 1 amide bonds. The molecule has 2 aromatic carbocycles. The topological polar surface area (TPSA) is 59.8 Å². The van der Waals surface area contributed by atoms with Crippen LogP contribution in [0.4, 0.5) is 0 Å². The average molecular weight is 374 g/mol. The summed E-state index contributed by atoms with van der Waals surface area (Å²) in [5.41, 5.74) is 3.57. The highest BCUT2D eigenvalue weighted by Gasteiger charge is 2.08. The van der Waals surface area contributed by atoms with E-state index in [1.807, 2.05) is 60.8 Å². The molecule has 0 aliphatic rings. The Hall–Kier alpha value is -3.25. The smallest absolute Gasteiger partial charge is 0.251 e. The van der Waals surface area contributed by atoms with Crippen molar-refractivity contribution in [3.63, 3.8) is 0 Å². The van der Waals surface area contributed by atoms with Gasteiger partial charge in [0.05, 0.1) is 16.4 Å². The lowest BCUT2D eigenvalue weighted by Gasteiger charge is -2.06. The van der Waals surface area contributed by atoms with Crippen LogP contribution in [-0.2, 0) is 6.42 Å². The number of carbonyl (C=O) groups excluding carboxylic acids is 1. The third-order valence-corrected chi connectivity index (χ3v) is 5.03. The molecule has 0 fully saturated rings. The van der Waals surface area contributed by atoms with Crippen LogP contribution in [0.2, 0.25) is 0 Å². The van der Waals surface area contributed by atoms with Crippen molar-refractivity contribution >= 4 is 17.2 Å². The summed E-state index contributed by atoms with van der Waals surface area (Å²) in [7, 11) is 0. The molecular weight excluding hydrogens is 356 g/mol. The molecule has 0 saturated carbocycles. The first-order chi connectivity index (χ1) is 13.3. The number of hydrogen-bond donors (Lipinski definition) is 1. The van der Waals surface area contributed by atoms with Crippen molar-refractivity contribution in [3.8, 4) is 16.9 Å². The fourth-order valence-corrected chi connectivity index (χ4v) is 3.57. The van der Waals surface area contributed by atoms with E-state index in [1.165, 1.54) is 0 Å². The van der Waals surface area contributed by atoms with Gasteiger partial charge in [0.2, 0.25) is 0 Å². The standard InChI is InChI=1S/C21H18N4OS/c26-21(17-8-4-9-18(14-17)25-13-5-11-23-25)22-12-10-20-24-19(15-27-20)16-6-2-1-3-7-16/h1-9,11,13-15H,10,12H2,(H,22,26). The van der Waals surface area contributed by atoms with Crippen molar-refractivity contribution in [1.29, 1.82) is 0 Å². The Morgan fingerprint density at radius 1 is 1.07 bits per heavy atom. The molecule has 134 valence electrons. The van der Waals surface area contributed by atoms with Gasteiger partial charge in [0.1, 0.15) is 0 Å². The minimum Gasteiger partial charge on any atom is -0.352 e. The molecular formula is C21H18N4OS. The van der Waals surface area contributed by atoms with Crippen LogP contribution >= 0.6 is 11.3 Å². The van der Waals surface area contributed by atoms with Crippen LogP contribution in [0, 0.1) is 0 Å². The average Bonchev–Trinajstić information content (AvgIpc) is 3.41. The van der Waals surface area contributed by atoms with E-state index in [0.717, 1.165) is 22.0 Å². The number of carbonyl (C=O) groups is 1. The van der Waals surface area contributed by atoms with Crippen molar-refractivity contribution in [1.82, 2.24) is 20.1 Å². The Balaban J connectivity index is 1.35. The van der Waals surface area contributed by atoms with Crippen molar-refractivity contribution in [2.45, 2.75) is 6.42 Å². The molecule has 27 heavy (non-hydrogen) atoms. The fraction of sp³-hybridized carbons (Fsp3) is 0.0952. The van der Waals surface area contributed by atoms with Crippen LogP contribution in [-0.4, -0.2) is 27.2 Å². The van der Waals surface area contributed by atoms with Gasteiger partial charge in [0.25, 0.3) is 5.91 Å². The van der Waals surface area contributed by atoms with Crippen molar-refractivity contribution in [3.05, 3.63) is 89.0 Å². The van der Waals surface area contributed by atoms with E-state index in [-0.39, 0.29) is 5.91 Å². The predicted octanol–water partition coefficient (Wildman–Crippen LogP) is 3.97. The molecule has 4 rings (SSSR count). The lowest BCUT2D eigenvalue weighted by molar-refractivity contribution is 0.0954. The molecule has 4 aromatic rings. The van der Waals surface area contributed by atoms with Crippen LogP contribution < -0.4 is 5.32 Å². The molecule has 0 aliphatic heterocycles. The highest BCUT2D eigenvalue weighted by atomic mass is 32.1. The van der Waals surface area contributed by atoms with Crippen LogP contribution in [0.1, 0.15) is 15.4 Å². The number of aromatic nitrogens is 3. The molecule has 5 nitrogen and oxygen atoms in total. The second-order valence-corrected chi connectivity index (χ2v) is 6.94. The zero-order valence-electron chi connectivity index (χ0n) is 14.6. The van der Waals surface area contributed by atoms with Crippen molar-refractivity contribution in [2.24, 2.45) is 0 Å². The number of thiazole rings is 1. The molecule has 0 unspecified atom stereocenters. The summed E-state index contributed by atoms with van der Waals surface area (Å²) in [5.74, 6) is -0.0937. The zero-order valence-corrected chi connectivity index (χ0v) is 15.4. The fourth-order valence-electron chi connectivity index (χ4n) is 2.76. The first-order valence-corrected chi connectivity index (χ1v) is 9.56. The quantitative estimate of drug-likeness (QED) is 0.556. The Morgan fingerprint density at radius 2 is 1.96 bits per heavy atom. The van der Waals surface area contributed by atoms with Gasteiger partial charge in [-0.3, -0.25) is 4.79 Å². The van der Waals surface area contributed by atoms with E-state index >= 15 is 0 Å². The molecule has 0 atom stereocenters. The second kappa shape index (κ2) is 7.97. The van der Waals surface area contributed by atoms with E-state index < -0.39 is 0 Å². The zero-order chi connectivity index (χ0) is 18.5. The lowest BCUT2D eigenvalue weighted by atomic mass is 10.2. The number of nitrogens with zero attached hydrogens (tertiary/aromatic N) is 3. The molecule has 0 saturated heterocycles. The van der Waals surface area contributed by atoms with E-state index in [0.29, 0.717) is 18.5 Å². The van der Waals surface area contributed by atoms with Crippen LogP contribution in [0.25, 0.3) is 16.9 Å². The van der Waals surface area contributed by atoms with E-state index in [4.69, 9.17) is 0 Å². The molecule has 0 bridgehead atoms. The first kappa shape index (κ1) is 17.2. The van der Waals surface area contributed by atoms with Crippen LogP contribution in [0.5, 0.6) is 0 Å². The summed E-state index contributed by atoms with van der Waals surface area (Å²) in [4.78, 5) is 17.1. The highest BCUT2D eigenvalue weighted by Crippen LogP contribution is 2.21. The largest absolute Gasteiger partial charge is 0.352 e. The number of rotatable bonds is 6. The van der Waals surface area contributed by atoms with Gasteiger partial charge < -0.3 is 5.32 Å². The van der Waals surface area contributed by atoms with Gasteiger partial charge in [-0.25, -0.2) is 9.67 Å². The summed E-state index contributed by atoms with van der Waals surface area (Å²) >= 11 is 1.62. The predicted molar refractivity (Wildman–Crippen MR) is 107 cm³/mol. The number of amides is 1. The molecule has 2 heterocycles. The van der Waals surface area contributed by atoms with Crippen LogP contribution in [0.15, 0.2) is 78.4 Å². The van der Waals surface area contributed by atoms with E-state index in [9.17, 15) is 4.79 Å². The highest BCUT2D eigenvalue weighted by molar-refractivity contribution is 7.09.